The normalized spacial score (nSPS) is 16.9. The van der Waals surface area contributed by atoms with Crippen LogP contribution in [0.5, 0.6) is 5.75 Å². The third kappa shape index (κ3) is 5.38. The Morgan fingerprint density at radius 2 is 1.80 bits per heavy atom. The number of alkyl halides is 3. The Morgan fingerprint density at radius 3 is 2.44 bits per heavy atom. The second-order valence-electron chi connectivity index (χ2n) is 9.65. The SMILES string of the molecule is CNc1nn(-c2cc(C(F)(F)F)c(F)c(O)c2F)c2cnc(N3CCN(S(C)(=O)=O)C[C@H]3Cc3ccccc3)cc12. The van der Waals surface area contributed by atoms with Gasteiger partial charge in [-0.15, -0.1) is 5.10 Å². The number of nitrogens with one attached hydrogen (secondary N) is 1. The number of sulfonamides is 1. The molecule has 9 nitrogen and oxygen atoms in total. The lowest BCUT2D eigenvalue weighted by Crippen LogP contribution is -2.55. The molecule has 2 aromatic heterocycles. The minimum absolute atomic E-state index is 0.0884. The molecular formula is C26H25F5N6O3S. The number of hydrogen-bond donors (Lipinski definition) is 2. The largest absolute Gasteiger partial charge is 0.503 e. The maximum absolute atomic E-state index is 14.9. The molecule has 0 amide bonds. The third-order valence-corrected chi connectivity index (χ3v) is 8.27. The van der Waals surface area contributed by atoms with Crippen molar-refractivity contribution in [3.05, 3.63) is 71.4 Å². The van der Waals surface area contributed by atoms with Crippen LogP contribution >= 0.6 is 0 Å². The van der Waals surface area contributed by atoms with Gasteiger partial charge in [-0.1, -0.05) is 30.3 Å². The highest BCUT2D eigenvalue weighted by Crippen LogP contribution is 2.40. The fourth-order valence-electron chi connectivity index (χ4n) is 4.99. The van der Waals surface area contributed by atoms with Gasteiger partial charge in [0, 0.05) is 38.1 Å². The summed E-state index contributed by atoms with van der Waals surface area (Å²) in [6.45, 7) is 0.718. The Hall–Kier alpha value is -3.98. The molecule has 5 rings (SSSR count). The summed E-state index contributed by atoms with van der Waals surface area (Å²) >= 11 is 0. The molecule has 1 atom stereocenters. The van der Waals surface area contributed by atoms with Gasteiger partial charge in [-0.05, 0) is 24.1 Å². The zero-order chi connectivity index (χ0) is 29.7. The van der Waals surface area contributed by atoms with E-state index in [4.69, 9.17) is 0 Å². The van der Waals surface area contributed by atoms with Crippen molar-refractivity contribution < 1.29 is 35.5 Å². The number of pyridine rings is 1. The molecule has 0 aliphatic carbocycles. The summed E-state index contributed by atoms with van der Waals surface area (Å²) < 4.78 is 96.1. The van der Waals surface area contributed by atoms with Gasteiger partial charge in [-0.25, -0.2) is 26.9 Å². The van der Waals surface area contributed by atoms with E-state index in [0.717, 1.165) is 16.5 Å². The van der Waals surface area contributed by atoms with E-state index in [1.807, 2.05) is 35.2 Å². The number of benzene rings is 2. The van der Waals surface area contributed by atoms with Gasteiger partial charge in [-0.2, -0.15) is 17.5 Å². The van der Waals surface area contributed by atoms with Gasteiger partial charge < -0.3 is 15.3 Å². The number of halogens is 5. The fourth-order valence-corrected chi connectivity index (χ4v) is 5.84. The second-order valence-corrected chi connectivity index (χ2v) is 11.6. The highest BCUT2D eigenvalue weighted by molar-refractivity contribution is 7.88. The molecule has 4 aromatic rings. The summed E-state index contributed by atoms with van der Waals surface area (Å²) in [6, 6.07) is 11.0. The van der Waals surface area contributed by atoms with Gasteiger partial charge in [0.2, 0.25) is 10.0 Å². The van der Waals surface area contributed by atoms with Gasteiger partial charge in [0.15, 0.2) is 23.2 Å². The van der Waals surface area contributed by atoms with Crippen molar-refractivity contribution in [2.75, 3.05) is 43.2 Å². The molecular weight excluding hydrogens is 571 g/mol. The molecule has 41 heavy (non-hydrogen) atoms. The molecule has 0 unspecified atom stereocenters. The molecule has 1 saturated heterocycles. The number of phenols is 1. The van der Waals surface area contributed by atoms with E-state index < -0.39 is 44.8 Å². The highest BCUT2D eigenvalue weighted by atomic mass is 32.2. The van der Waals surface area contributed by atoms with Crippen molar-refractivity contribution >= 4 is 32.6 Å². The van der Waals surface area contributed by atoms with Gasteiger partial charge in [0.25, 0.3) is 0 Å². The maximum Gasteiger partial charge on any atom is 0.419 e. The molecule has 1 aliphatic heterocycles. The molecule has 0 saturated carbocycles. The molecule has 15 heteroatoms. The Morgan fingerprint density at radius 1 is 1.10 bits per heavy atom. The van der Waals surface area contributed by atoms with Crippen molar-refractivity contribution in [3.63, 3.8) is 0 Å². The van der Waals surface area contributed by atoms with Crippen LogP contribution in [-0.2, 0) is 22.6 Å². The highest BCUT2D eigenvalue weighted by Gasteiger charge is 2.38. The molecule has 2 N–H and O–H groups in total. The van der Waals surface area contributed by atoms with E-state index in [9.17, 15) is 35.5 Å². The quantitative estimate of drug-likeness (QED) is 0.323. The zero-order valence-corrected chi connectivity index (χ0v) is 22.6. The maximum atomic E-state index is 14.9. The monoisotopic (exact) mass is 596 g/mol. The molecule has 1 aliphatic rings. The first-order chi connectivity index (χ1) is 19.3. The number of phenolic OH excluding ortho intramolecular Hbond substituents is 1. The first-order valence-electron chi connectivity index (χ1n) is 12.4. The molecule has 2 aromatic carbocycles. The van der Waals surface area contributed by atoms with Crippen LogP contribution in [0.4, 0.5) is 33.6 Å². The molecule has 0 radical (unpaired) electrons. The van der Waals surface area contributed by atoms with Crippen molar-refractivity contribution in [2.45, 2.75) is 18.6 Å². The van der Waals surface area contributed by atoms with Crippen LogP contribution in [0.15, 0.2) is 48.7 Å². The number of rotatable bonds is 6. The van der Waals surface area contributed by atoms with Crippen LogP contribution in [-0.4, -0.2) is 71.6 Å². The van der Waals surface area contributed by atoms with E-state index in [-0.39, 0.29) is 36.5 Å². The molecule has 3 heterocycles. The third-order valence-electron chi connectivity index (χ3n) is 7.00. The fraction of sp³-hybridized carbons (Fsp3) is 0.308. The van der Waals surface area contributed by atoms with E-state index in [2.05, 4.69) is 15.4 Å². The van der Waals surface area contributed by atoms with Crippen LogP contribution in [0.25, 0.3) is 16.6 Å². The van der Waals surface area contributed by atoms with Crippen molar-refractivity contribution in [1.82, 2.24) is 19.1 Å². The van der Waals surface area contributed by atoms with E-state index >= 15 is 0 Å². The summed E-state index contributed by atoms with van der Waals surface area (Å²) in [5.41, 5.74) is -1.60. The molecule has 218 valence electrons. The van der Waals surface area contributed by atoms with Gasteiger partial charge in [-0.3, -0.25) is 0 Å². The first kappa shape index (κ1) is 28.5. The predicted octanol–water partition coefficient (Wildman–Crippen LogP) is 4.16. The number of piperazine rings is 1. The topological polar surface area (TPSA) is 104 Å². The van der Waals surface area contributed by atoms with Crippen molar-refractivity contribution in [1.29, 1.82) is 0 Å². The average Bonchev–Trinajstić information content (AvgIpc) is 3.29. The predicted molar refractivity (Wildman–Crippen MR) is 143 cm³/mol. The van der Waals surface area contributed by atoms with Crippen molar-refractivity contribution in [3.8, 4) is 11.4 Å². The standard InChI is InChI=1S/C26H25F5N6O3S/c1-32-25-17-11-21(36-9-8-35(41(2,39)40)14-16(36)10-15-6-4-3-5-7-15)33-13-20(17)37(34-25)19-12-18(26(29,30)31)22(27)24(38)23(19)28/h3-7,11-13,16,38H,8-10,14H2,1-2H3,(H,32,34)/t16-/m1/s1. The minimum atomic E-state index is -5.20. The van der Waals surface area contributed by atoms with Crippen LogP contribution < -0.4 is 10.2 Å². The number of aromatic nitrogens is 3. The lowest BCUT2D eigenvalue weighted by molar-refractivity contribution is -0.140. The van der Waals surface area contributed by atoms with Crippen LogP contribution in [0, 0.1) is 11.6 Å². The molecule has 0 spiro atoms. The molecule has 1 fully saturated rings. The second kappa shape index (κ2) is 10.4. The van der Waals surface area contributed by atoms with E-state index in [1.54, 1.807) is 6.07 Å². The van der Waals surface area contributed by atoms with E-state index in [1.165, 1.54) is 17.5 Å². The summed E-state index contributed by atoms with van der Waals surface area (Å²) in [5, 5.41) is 17.1. The lowest BCUT2D eigenvalue weighted by atomic mass is 10.0. The zero-order valence-electron chi connectivity index (χ0n) is 21.8. The number of aromatic hydroxyl groups is 1. The summed E-state index contributed by atoms with van der Waals surface area (Å²) in [6.07, 6.45) is -2.26. The molecule has 0 bridgehead atoms. The van der Waals surface area contributed by atoms with E-state index in [0.29, 0.717) is 24.2 Å². The Labute approximate surface area is 231 Å². The van der Waals surface area contributed by atoms with Gasteiger partial charge in [0.1, 0.15) is 11.5 Å². The van der Waals surface area contributed by atoms with Crippen LogP contribution in [0.3, 0.4) is 0 Å². The Kier molecular flexibility index (Phi) is 7.27. The van der Waals surface area contributed by atoms with Gasteiger partial charge >= 0.3 is 6.18 Å². The summed E-state index contributed by atoms with van der Waals surface area (Å²) in [7, 11) is -1.95. The lowest BCUT2D eigenvalue weighted by Gasteiger charge is -2.41. The summed E-state index contributed by atoms with van der Waals surface area (Å²) in [4.78, 5) is 6.41. The van der Waals surface area contributed by atoms with Crippen LogP contribution in [0.1, 0.15) is 11.1 Å². The van der Waals surface area contributed by atoms with Crippen molar-refractivity contribution in [2.24, 2.45) is 0 Å². The number of nitrogens with zero attached hydrogens (tertiary/aromatic N) is 5. The summed E-state index contributed by atoms with van der Waals surface area (Å²) in [5.74, 6) is -4.91. The van der Waals surface area contributed by atoms with Gasteiger partial charge in [0.05, 0.1) is 23.5 Å². The average molecular weight is 597 g/mol. The van der Waals surface area contributed by atoms with Crippen LogP contribution in [0.2, 0.25) is 0 Å². The number of hydrogen-bond acceptors (Lipinski definition) is 7. The minimum Gasteiger partial charge on any atom is -0.503 e. The smallest absolute Gasteiger partial charge is 0.419 e. The Bertz CT molecular complexity index is 1710. The first-order valence-corrected chi connectivity index (χ1v) is 14.2. The number of fused-ring (bicyclic) bond motifs is 1. The number of anilines is 2. The Balaban J connectivity index is 1.60.